The van der Waals surface area contributed by atoms with Crippen LogP contribution in [0.1, 0.15) is 20.3 Å². The minimum absolute atomic E-state index is 0.304. The van der Waals surface area contributed by atoms with Crippen LogP contribution in [0, 0.1) is 0 Å². The van der Waals surface area contributed by atoms with Crippen LogP contribution >= 0.6 is 0 Å². The van der Waals surface area contributed by atoms with Crippen molar-refractivity contribution in [2.24, 2.45) is 0 Å². The van der Waals surface area contributed by atoms with Gasteiger partial charge in [0.25, 0.3) is 0 Å². The second-order valence-corrected chi connectivity index (χ2v) is 3.13. The lowest BCUT2D eigenvalue weighted by molar-refractivity contribution is -0.138. The van der Waals surface area contributed by atoms with E-state index in [2.05, 4.69) is 18.5 Å². The van der Waals surface area contributed by atoms with Crippen LogP contribution in [0.15, 0.2) is 24.8 Å². The van der Waals surface area contributed by atoms with E-state index in [1.807, 2.05) is 13.0 Å². The summed E-state index contributed by atoms with van der Waals surface area (Å²) in [5.74, 6) is -0.328. The van der Waals surface area contributed by atoms with E-state index < -0.39 is 0 Å². The smallest absolute Gasteiger partial charge is 0.334 e. The molecule has 0 radical (unpaired) electrons. The molecule has 0 aromatic carbocycles. The van der Waals surface area contributed by atoms with Gasteiger partial charge in [-0.1, -0.05) is 12.7 Å². The predicted molar refractivity (Wildman–Crippen MR) is 58.1 cm³/mol. The van der Waals surface area contributed by atoms with Gasteiger partial charge < -0.3 is 10.1 Å². The molecule has 3 heteroatoms. The Morgan fingerprint density at radius 3 is 2.79 bits per heavy atom. The third kappa shape index (κ3) is 5.54. The molecule has 0 aromatic heterocycles. The summed E-state index contributed by atoms with van der Waals surface area (Å²) in [5, 5.41) is 3.15. The predicted octanol–water partition coefficient (Wildman–Crippen LogP) is 1.66. The first-order valence-corrected chi connectivity index (χ1v) is 4.81. The molecule has 0 saturated heterocycles. The van der Waals surface area contributed by atoms with E-state index in [4.69, 9.17) is 4.74 Å². The first kappa shape index (κ1) is 12.9. The average Bonchev–Trinajstić information content (AvgIpc) is 2.15. The number of hydrogen-bond donors (Lipinski definition) is 1. The number of hydrogen-bond acceptors (Lipinski definition) is 3. The molecule has 0 aliphatic carbocycles. The molecule has 1 N–H and O–H groups in total. The lowest BCUT2D eigenvalue weighted by atomic mass is 10.2. The van der Waals surface area contributed by atoms with E-state index in [0.717, 1.165) is 6.42 Å². The van der Waals surface area contributed by atoms with Crippen LogP contribution in [-0.4, -0.2) is 25.2 Å². The van der Waals surface area contributed by atoms with Crippen molar-refractivity contribution in [3.8, 4) is 0 Å². The Morgan fingerprint density at radius 2 is 2.29 bits per heavy atom. The Balaban J connectivity index is 3.72. The summed E-state index contributed by atoms with van der Waals surface area (Å²) in [6.07, 6.45) is 2.71. The van der Waals surface area contributed by atoms with Crippen LogP contribution < -0.4 is 5.32 Å². The molecule has 0 saturated carbocycles. The van der Waals surface area contributed by atoms with Gasteiger partial charge in [-0.25, -0.2) is 4.79 Å². The molecular weight excluding hydrogens is 178 g/mol. The summed E-state index contributed by atoms with van der Waals surface area (Å²) in [6, 6.07) is 0.304. The quantitative estimate of drug-likeness (QED) is 0.383. The van der Waals surface area contributed by atoms with Crippen LogP contribution in [-0.2, 0) is 9.53 Å². The zero-order chi connectivity index (χ0) is 11.0. The molecule has 0 heterocycles. The summed E-state index contributed by atoms with van der Waals surface area (Å²) in [4.78, 5) is 11.1. The number of carbonyl (C=O) groups excluding carboxylic acids is 1. The van der Waals surface area contributed by atoms with Gasteiger partial charge >= 0.3 is 5.97 Å². The normalized spacial score (nSPS) is 11.9. The molecule has 1 atom stereocenters. The number of nitrogens with one attached hydrogen (secondary N) is 1. The van der Waals surface area contributed by atoms with E-state index in [-0.39, 0.29) is 5.97 Å². The van der Waals surface area contributed by atoms with Crippen molar-refractivity contribution in [3.05, 3.63) is 24.8 Å². The highest BCUT2D eigenvalue weighted by Gasteiger charge is 2.08. The van der Waals surface area contributed by atoms with Crippen LogP contribution in [0.5, 0.6) is 0 Å². The molecule has 0 fully saturated rings. The molecule has 14 heavy (non-hydrogen) atoms. The Kier molecular flexibility index (Phi) is 6.76. The van der Waals surface area contributed by atoms with E-state index >= 15 is 0 Å². The highest BCUT2D eigenvalue weighted by Crippen LogP contribution is 1.96. The first-order chi connectivity index (χ1) is 6.61. The minimum atomic E-state index is -0.328. The van der Waals surface area contributed by atoms with Crippen LogP contribution in [0.3, 0.4) is 0 Å². The fraction of sp³-hybridized carbons (Fsp3) is 0.545. The van der Waals surface area contributed by atoms with Gasteiger partial charge in [-0.3, -0.25) is 0 Å². The first-order valence-electron chi connectivity index (χ1n) is 4.81. The lowest BCUT2D eigenvalue weighted by Gasteiger charge is -2.12. The highest BCUT2D eigenvalue weighted by atomic mass is 16.5. The molecule has 0 spiro atoms. The third-order valence-corrected chi connectivity index (χ3v) is 1.75. The Labute approximate surface area is 85.8 Å². The fourth-order valence-corrected chi connectivity index (χ4v) is 0.936. The summed E-state index contributed by atoms with van der Waals surface area (Å²) >= 11 is 0. The Hall–Kier alpha value is -1.09. The van der Waals surface area contributed by atoms with Gasteiger partial charge in [0.15, 0.2) is 0 Å². The monoisotopic (exact) mass is 197 g/mol. The van der Waals surface area contributed by atoms with Crippen LogP contribution in [0.4, 0.5) is 0 Å². The Bertz CT molecular complexity index is 211. The number of carbonyl (C=O) groups is 1. The summed E-state index contributed by atoms with van der Waals surface area (Å²) < 4.78 is 4.80. The van der Waals surface area contributed by atoms with Gasteiger partial charge in [-0.15, -0.1) is 6.58 Å². The van der Waals surface area contributed by atoms with E-state index in [0.29, 0.717) is 24.8 Å². The van der Waals surface area contributed by atoms with Gasteiger partial charge in [-0.2, -0.15) is 0 Å². The molecule has 80 valence electrons. The second kappa shape index (κ2) is 7.33. The zero-order valence-electron chi connectivity index (χ0n) is 9.01. The maximum atomic E-state index is 11.1. The number of rotatable bonds is 7. The van der Waals surface area contributed by atoms with Crippen molar-refractivity contribution in [2.75, 3.05) is 13.2 Å². The van der Waals surface area contributed by atoms with Gasteiger partial charge in [0, 0.05) is 18.2 Å². The highest BCUT2D eigenvalue weighted by molar-refractivity contribution is 5.88. The molecule has 3 nitrogen and oxygen atoms in total. The topological polar surface area (TPSA) is 38.3 Å². The van der Waals surface area contributed by atoms with Gasteiger partial charge in [0.1, 0.15) is 0 Å². The van der Waals surface area contributed by atoms with Crippen molar-refractivity contribution in [2.45, 2.75) is 26.3 Å². The number of esters is 1. The molecule has 0 rings (SSSR count). The zero-order valence-corrected chi connectivity index (χ0v) is 9.01. The summed E-state index contributed by atoms with van der Waals surface area (Å²) in [6.45, 7) is 11.9. The summed E-state index contributed by atoms with van der Waals surface area (Å²) in [7, 11) is 0. The van der Waals surface area contributed by atoms with Gasteiger partial charge in [-0.05, 0) is 20.3 Å². The van der Waals surface area contributed by atoms with E-state index in [9.17, 15) is 4.79 Å². The van der Waals surface area contributed by atoms with Gasteiger partial charge in [0.05, 0.1) is 6.61 Å². The average molecular weight is 197 g/mol. The van der Waals surface area contributed by atoms with E-state index in [1.54, 1.807) is 6.92 Å². The maximum absolute atomic E-state index is 11.1. The van der Waals surface area contributed by atoms with Crippen LogP contribution in [0.25, 0.3) is 0 Å². The maximum Gasteiger partial charge on any atom is 0.334 e. The van der Waals surface area contributed by atoms with Crippen molar-refractivity contribution in [1.29, 1.82) is 0 Å². The van der Waals surface area contributed by atoms with Crippen molar-refractivity contribution in [3.63, 3.8) is 0 Å². The van der Waals surface area contributed by atoms with Gasteiger partial charge in [0.2, 0.25) is 0 Å². The van der Waals surface area contributed by atoms with Crippen molar-refractivity contribution >= 4 is 5.97 Å². The largest absolute Gasteiger partial charge is 0.463 e. The molecule has 0 bridgehead atoms. The lowest BCUT2D eigenvalue weighted by Crippen LogP contribution is -2.29. The van der Waals surface area contributed by atoms with Crippen LogP contribution in [0.2, 0.25) is 0 Å². The summed E-state index contributed by atoms with van der Waals surface area (Å²) in [5.41, 5.74) is 0.461. The molecule has 1 unspecified atom stereocenters. The molecule has 0 aliphatic rings. The molecular formula is C11H19NO2. The standard InChI is InChI=1S/C11H19NO2/c1-5-7-10(4)12-8-9(3)11(13)14-6-2/h5,10,12H,1,3,6-8H2,2,4H3. The fourth-order valence-electron chi connectivity index (χ4n) is 0.936. The second-order valence-electron chi connectivity index (χ2n) is 3.13. The molecule has 0 aliphatic heterocycles. The van der Waals surface area contributed by atoms with Crippen molar-refractivity contribution < 1.29 is 9.53 Å². The minimum Gasteiger partial charge on any atom is -0.463 e. The van der Waals surface area contributed by atoms with E-state index in [1.165, 1.54) is 0 Å². The Morgan fingerprint density at radius 1 is 1.64 bits per heavy atom. The van der Waals surface area contributed by atoms with Crippen molar-refractivity contribution in [1.82, 2.24) is 5.32 Å². The molecule has 0 amide bonds. The molecule has 0 aromatic rings. The SMILES string of the molecule is C=CCC(C)NCC(=C)C(=O)OCC. The third-order valence-electron chi connectivity index (χ3n) is 1.75. The number of ether oxygens (including phenoxy) is 1.